The Bertz CT molecular complexity index is 499. The molecule has 0 spiro atoms. The van der Waals surface area contributed by atoms with Crippen molar-refractivity contribution in [2.45, 2.75) is 17.2 Å². The molecule has 0 aromatic heterocycles. The molecule has 0 fully saturated rings. The van der Waals surface area contributed by atoms with Crippen LogP contribution < -0.4 is 10.5 Å². The van der Waals surface area contributed by atoms with Crippen LogP contribution in [0.3, 0.4) is 0 Å². The fourth-order valence-corrected chi connectivity index (χ4v) is 2.65. The molecule has 0 aliphatic rings. The Morgan fingerprint density at radius 1 is 1.11 bits per heavy atom. The van der Waals surface area contributed by atoms with Crippen LogP contribution in [0.5, 0.6) is 5.75 Å². The molecule has 2 aromatic rings. The van der Waals surface area contributed by atoms with Crippen molar-refractivity contribution in [3.05, 3.63) is 59.7 Å². The predicted molar refractivity (Wildman–Crippen MR) is 76.9 cm³/mol. The lowest BCUT2D eigenvalue weighted by molar-refractivity contribution is 0.411. The van der Waals surface area contributed by atoms with Gasteiger partial charge in [-0.3, -0.25) is 0 Å². The van der Waals surface area contributed by atoms with Crippen LogP contribution in [0.25, 0.3) is 0 Å². The van der Waals surface area contributed by atoms with Crippen molar-refractivity contribution in [2.75, 3.05) is 7.11 Å². The van der Waals surface area contributed by atoms with Gasteiger partial charge in [0.05, 0.1) is 7.11 Å². The zero-order valence-electron chi connectivity index (χ0n) is 10.4. The summed E-state index contributed by atoms with van der Waals surface area (Å²) in [5.41, 5.74) is 8.00. The first-order valence-corrected chi connectivity index (χ1v) is 6.85. The van der Waals surface area contributed by atoms with Gasteiger partial charge in [0.1, 0.15) is 5.75 Å². The standard InChI is InChI=1S/C15H17NOS/c1-17-15-8-7-12(10-16)9-13(15)11-18-14-5-3-2-4-6-14/h2-9H,10-11,16H2,1H3. The minimum atomic E-state index is 0.562. The molecule has 0 heterocycles. The van der Waals surface area contributed by atoms with Crippen LogP contribution in [0.2, 0.25) is 0 Å². The molecule has 0 atom stereocenters. The molecule has 2 rings (SSSR count). The molecule has 94 valence electrons. The highest BCUT2D eigenvalue weighted by Crippen LogP contribution is 2.28. The third kappa shape index (κ3) is 3.28. The first kappa shape index (κ1) is 13.0. The zero-order valence-corrected chi connectivity index (χ0v) is 11.2. The van der Waals surface area contributed by atoms with Gasteiger partial charge in [-0.2, -0.15) is 0 Å². The SMILES string of the molecule is COc1ccc(CN)cc1CSc1ccccc1. The van der Waals surface area contributed by atoms with E-state index in [1.807, 2.05) is 18.2 Å². The Morgan fingerprint density at radius 2 is 1.89 bits per heavy atom. The van der Waals surface area contributed by atoms with Crippen LogP contribution in [-0.4, -0.2) is 7.11 Å². The molecule has 2 nitrogen and oxygen atoms in total. The Morgan fingerprint density at radius 3 is 2.56 bits per heavy atom. The van der Waals surface area contributed by atoms with E-state index in [1.54, 1.807) is 18.9 Å². The second kappa shape index (κ2) is 6.47. The maximum atomic E-state index is 5.67. The number of thioether (sulfide) groups is 1. The number of methoxy groups -OCH3 is 1. The summed E-state index contributed by atoms with van der Waals surface area (Å²) in [6.45, 7) is 0.562. The quantitative estimate of drug-likeness (QED) is 0.835. The lowest BCUT2D eigenvalue weighted by Crippen LogP contribution is -1.98. The number of benzene rings is 2. The van der Waals surface area contributed by atoms with Gasteiger partial charge in [-0.1, -0.05) is 24.3 Å². The van der Waals surface area contributed by atoms with Crippen molar-refractivity contribution < 1.29 is 4.74 Å². The van der Waals surface area contributed by atoms with E-state index in [9.17, 15) is 0 Å². The fourth-order valence-electron chi connectivity index (χ4n) is 1.75. The highest BCUT2D eigenvalue weighted by molar-refractivity contribution is 7.98. The van der Waals surface area contributed by atoms with E-state index in [0.29, 0.717) is 6.54 Å². The van der Waals surface area contributed by atoms with Crippen LogP contribution in [0.15, 0.2) is 53.4 Å². The molecule has 18 heavy (non-hydrogen) atoms. The van der Waals surface area contributed by atoms with Crippen molar-refractivity contribution in [2.24, 2.45) is 5.73 Å². The third-order valence-corrected chi connectivity index (χ3v) is 3.78. The summed E-state index contributed by atoms with van der Waals surface area (Å²) in [6.07, 6.45) is 0. The van der Waals surface area contributed by atoms with Gasteiger partial charge < -0.3 is 10.5 Å². The average Bonchev–Trinajstić information content (AvgIpc) is 2.45. The maximum absolute atomic E-state index is 5.67. The van der Waals surface area contributed by atoms with Gasteiger partial charge in [0.2, 0.25) is 0 Å². The van der Waals surface area contributed by atoms with Crippen LogP contribution in [-0.2, 0) is 12.3 Å². The minimum absolute atomic E-state index is 0.562. The van der Waals surface area contributed by atoms with E-state index in [0.717, 1.165) is 17.1 Å². The van der Waals surface area contributed by atoms with Crippen molar-refractivity contribution in [1.82, 2.24) is 0 Å². The lowest BCUT2D eigenvalue weighted by Gasteiger charge is -2.10. The number of nitrogens with two attached hydrogens (primary N) is 1. The Hall–Kier alpha value is -1.45. The van der Waals surface area contributed by atoms with Gasteiger partial charge in [0, 0.05) is 22.8 Å². The second-order valence-corrected chi connectivity index (χ2v) is 5.00. The number of hydrogen-bond donors (Lipinski definition) is 1. The number of ether oxygens (including phenoxy) is 1. The van der Waals surface area contributed by atoms with Crippen LogP contribution >= 0.6 is 11.8 Å². The van der Waals surface area contributed by atoms with Crippen molar-refractivity contribution in [3.8, 4) is 5.75 Å². The monoisotopic (exact) mass is 259 g/mol. The summed E-state index contributed by atoms with van der Waals surface area (Å²) in [4.78, 5) is 1.26. The summed E-state index contributed by atoms with van der Waals surface area (Å²) in [6, 6.07) is 16.5. The molecule has 0 amide bonds. The highest BCUT2D eigenvalue weighted by Gasteiger charge is 2.04. The summed E-state index contributed by atoms with van der Waals surface area (Å²) >= 11 is 1.80. The van der Waals surface area contributed by atoms with E-state index in [-0.39, 0.29) is 0 Å². The highest BCUT2D eigenvalue weighted by atomic mass is 32.2. The first-order chi connectivity index (χ1) is 8.83. The molecule has 2 aromatic carbocycles. The van der Waals surface area contributed by atoms with Gasteiger partial charge in [-0.15, -0.1) is 11.8 Å². The molecule has 3 heteroatoms. The largest absolute Gasteiger partial charge is 0.496 e. The van der Waals surface area contributed by atoms with Crippen LogP contribution in [0, 0.1) is 0 Å². The Kier molecular flexibility index (Phi) is 4.67. The van der Waals surface area contributed by atoms with E-state index < -0.39 is 0 Å². The molecular weight excluding hydrogens is 242 g/mol. The van der Waals surface area contributed by atoms with E-state index >= 15 is 0 Å². The molecule has 0 aliphatic carbocycles. The summed E-state index contributed by atoms with van der Waals surface area (Å²) in [5.74, 6) is 1.82. The van der Waals surface area contributed by atoms with Gasteiger partial charge in [0.25, 0.3) is 0 Å². The average molecular weight is 259 g/mol. The Balaban J connectivity index is 2.12. The predicted octanol–water partition coefficient (Wildman–Crippen LogP) is 3.45. The summed E-state index contributed by atoms with van der Waals surface area (Å²) < 4.78 is 5.38. The number of hydrogen-bond acceptors (Lipinski definition) is 3. The molecule has 0 saturated carbocycles. The van der Waals surface area contributed by atoms with E-state index in [1.165, 1.54) is 10.5 Å². The second-order valence-electron chi connectivity index (χ2n) is 3.95. The number of rotatable bonds is 5. The topological polar surface area (TPSA) is 35.2 Å². The molecule has 0 saturated heterocycles. The molecular formula is C15H17NOS. The van der Waals surface area contributed by atoms with Crippen LogP contribution in [0.4, 0.5) is 0 Å². The van der Waals surface area contributed by atoms with E-state index in [2.05, 4.69) is 30.3 Å². The molecule has 0 aliphatic heterocycles. The van der Waals surface area contributed by atoms with Crippen molar-refractivity contribution in [1.29, 1.82) is 0 Å². The normalized spacial score (nSPS) is 10.3. The van der Waals surface area contributed by atoms with Crippen molar-refractivity contribution >= 4 is 11.8 Å². The van der Waals surface area contributed by atoms with Gasteiger partial charge in [0.15, 0.2) is 0 Å². The minimum Gasteiger partial charge on any atom is -0.496 e. The molecule has 0 unspecified atom stereocenters. The molecule has 0 radical (unpaired) electrons. The zero-order chi connectivity index (χ0) is 12.8. The maximum Gasteiger partial charge on any atom is 0.122 e. The fraction of sp³-hybridized carbons (Fsp3) is 0.200. The summed E-state index contributed by atoms with van der Waals surface area (Å²) in [5, 5.41) is 0. The summed E-state index contributed by atoms with van der Waals surface area (Å²) in [7, 11) is 1.70. The van der Waals surface area contributed by atoms with Crippen molar-refractivity contribution in [3.63, 3.8) is 0 Å². The van der Waals surface area contributed by atoms with Gasteiger partial charge >= 0.3 is 0 Å². The van der Waals surface area contributed by atoms with E-state index in [4.69, 9.17) is 10.5 Å². The lowest BCUT2D eigenvalue weighted by atomic mass is 10.1. The third-order valence-electron chi connectivity index (χ3n) is 2.72. The Labute approximate surface area is 112 Å². The molecule has 2 N–H and O–H groups in total. The van der Waals surface area contributed by atoms with Gasteiger partial charge in [-0.25, -0.2) is 0 Å². The smallest absolute Gasteiger partial charge is 0.122 e. The van der Waals surface area contributed by atoms with Crippen LogP contribution in [0.1, 0.15) is 11.1 Å². The molecule has 0 bridgehead atoms. The van der Waals surface area contributed by atoms with Gasteiger partial charge in [-0.05, 0) is 29.8 Å². The first-order valence-electron chi connectivity index (χ1n) is 5.87.